The fraction of sp³-hybridized carbons (Fsp3) is 0.115. The Kier molecular flexibility index (Phi) is 6.85. The quantitative estimate of drug-likeness (QED) is 0.350. The molecule has 0 saturated heterocycles. The number of carbonyl (C=O) groups excluding carboxylic acids is 1. The first-order valence-corrected chi connectivity index (χ1v) is 10.6. The fourth-order valence-electron chi connectivity index (χ4n) is 3.63. The van der Waals surface area contributed by atoms with E-state index in [9.17, 15) is 27.5 Å². The second-order valence-electron chi connectivity index (χ2n) is 7.83. The molecule has 1 aromatic heterocycles. The Hall–Kier alpha value is -4.49. The number of aliphatic hydroxyl groups excluding tert-OH is 1. The van der Waals surface area contributed by atoms with Crippen LogP contribution in [0.25, 0.3) is 5.69 Å². The van der Waals surface area contributed by atoms with E-state index in [1.165, 1.54) is 54.6 Å². The highest BCUT2D eigenvalue weighted by Crippen LogP contribution is 2.31. The molecule has 0 aliphatic rings. The molecule has 1 atom stereocenters. The van der Waals surface area contributed by atoms with Crippen LogP contribution in [0, 0.1) is 17.1 Å². The zero-order valence-electron chi connectivity index (χ0n) is 18.5. The van der Waals surface area contributed by atoms with E-state index < -0.39 is 35.4 Å². The second-order valence-corrected chi connectivity index (χ2v) is 7.83. The van der Waals surface area contributed by atoms with Gasteiger partial charge in [0.25, 0.3) is 5.91 Å². The predicted molar refractivity (Wildman–Crippen MR) is 123 cm³/mol. The topological polar surface area (TPSA) is 90.9 Å². The number of anilines is 1. The van der Waals surface area contributed by atoms with Crippen molar-refractivity contribution >= 4 is 11.6 Å². The van der Waals surface area contributed by atoms with Crippen LogP contribution in [0.15, 0.2) is 78.9 Å². The smallest absolute Gasteiger partial charge is 0.384 e. The van der Waals surface area contributed by atoms with Crippen molar-refractivity contribution in [3.8, 4) is 11.8 Å². The number of carbonyl (C=O) groups is 1. The van der Waals surface area contributed by atoms with Gasteiger partial charge in [-0.1, -0.05) is 42.5 Å². The summed E-state index contributed by atoms with van der Waals surface area (Å²) in [6, 6.07) is 20.3. The number of hydrogen-bond donors (Lipinski definition) is 2. The van der Waals surface area contributed by atoms with Gasteiger partial charge in [-0.2, -0.15) is 23.5 Å². The minimum absolute atomic E-state index is 0.0277. The van der Waals surface area contributed by atoms with Gasteiger partial charge in [0.2, 0.25) is 0 Å². The summed E-state index contributed by atoms with van der Waals surface area (Å²) >= 11 is 0. The molecule has 4 aromatic rings. The van der Waals surface area contributed by atoms with Crippen molar-refractivity contribution in [2.75, 3.05) is 5.32 Å². The van der Waals surface area contributed by atoms with Crippen LogP contribution in [0.3, 0.4) is 0 Å². The summed E-state index contributed by atoms with van der Waals surface area (Å²) in [4.78, 5) is 13.1. The minimum atomic E-state index is -4.80. The van der Waals surface area contributed by atoms with Gasteiger partial charge in [0, 0.05) is 17.3 Å². The van der Waals surface area contributed by atoms with Gasteiger partial charge in [0.05, 0.1) is 18.2 Å². The molecule has 3 aromatic carbocycles. The molecule has 2 N–H and O–H groups in total. The van der Waals surface area contributed by atoms with Crippen LogP contribution in [0.1, 0.15) is 39.0 Å². The van der Waals surface area contributed by atoms with E-state index in [1.54, 1.807) is 18.2 Å². The van der Waals surface area contributed by atoms with Crippen molar-refractivity contribution in [2.45, 2.75) is 18.7 Å². The van der Waals surface area contributed by atoms with Crippen LogP contribution in [-0.4, -0.2) is 20.8 Å². The highest BCUT2D eigenvalue weighted by atomic mass is 19.4. The van der Waals surface area contributed by atoms with E-state index in [0.29, 0.717) is 11.6 Å². The van der Waals surface area contributed by atoms with Crippen molar-refractivity contribution in [3.63, 3.8) is 0 Å². The molecule has 6 nitrogen and oxygen atoms in total. The van der Waals surface area contributed by atoms with E-state index >= 15 is 0 Å². The minimum Gasteiger partial charge on any atom is -0.384 e. The van der Waals surface area contributed by atoms with Crippen molar-refractivity contribution < 1.29 is 27.5 Å². The Bertz CT molecular complexity index is 1460. The molecule has 0 saturated carbocycles. The Balaban J connectivity index is 1.67. The molecule has 4 rings (SSSR count). The van der Waals surface area contributed by atoms with Gasteiger partial charge in [-0.3, -0.25) is 4.79 Å². The maximum atomic E-state index is 14.1. The molecule has 1 amide bonds. The number of alkyl halides is 3. The number of benzene rings is 3. The number of aliphatic hydroxyl groups is 1. The number of halogens is 4. The summed E-state index contributed by atoms with van der Waals surface area (Å²) in [5, 5.41) is 25.6. The lowest BCUT2D eigenvalue weighted by Gasteiger charge is -2.14. The van der Waals surface area contributed by atoms with E-state index in [2.05, 4.69) is 10.4 Å². The van der Waals surface area contributed by atoms with Crippen molar-refractivity contribution in [3.05, 3.63) is 113 Å². The highest BCUT2D eigenvalue weighted by molar-refractivity contribution is 6.03. The molecular formula is C26H18F4N4O2. The molecule has 0 spiro atoms. The first-order valence-electron chi connectivity index (χ1n) is 10.6. The summed E-state index contributed by atoms with van der Waals surface area (Å²) in [6.07, 6.45) is -6.10. The van der Waals surface area contributed by atoms with Gasteiger partial charge >= 0.3 is 6.18 Å². The van der Waals surface area contributed by atoms with Crippen molar-refractivity contribution in [1.29, 1.82) is 5.26 Å². The Morgan fingerprint density at radius 2 is 1.81 bits per heavy atom. The van der Waals surface area contributed by atoms with Crippen LogP contribution in [0.5, 0.6) is 0 Å². The van der Waals surface area contributed by atoms with Crippen LogP contribution < -0.4 is 5.32 Å². The van der Waals surface area contributed by atoms with Gasteiger partial charge in [-0.25, -0.2) is 9.07 Å². The molecule has 36 heavy (non-hydrogen) atoms. The van der Waals surface area contributed by atoms with Crippen molar-refractivity contribution in [1.82, 2.24) is 9.78 Å². The van der Waals surface area contributed by atoms with Gasteiger partial charge in [0.15, 0.2) is 5.69 Å². The van der Waals surface area contributed by atoms with Crippen molar-refractivity contribution in [2.24, 2.45) is 0 Å². The first kappa shape index (κ1) is 24.6. The zero-order chi connectivity index (χ0) is 25.9. The lowest BCUT2D eigenvalue weighted by Crippen LogP contribution is -2.17. The molecule has 1 heterocycles. The Morgan fingerprint density at radius 3 is 2.53 bits per heavy atom. The molecule has 0 aliphatic carbocycles. The normalized spacial score (nSPS) is 12.1. The Labute approximate surface area is 203 Å². The highest BCUT2D eigenvalue weighted by Gasteiger charge is 2.36. The van der Waals surface area contributed by atoms with E-state index in [0.717, 1.165) is 4.68 Å². The molecule has 182 valence electrons. The maximum Gasteiger partial charge on any atom is 0.435 e. The largest absolute Gasteiger partial charge is 0.435 e. The van der Waals surface area contributed by atoms with Crippen LogP contribution >= 0.6 is 0 Å². The number of amides is 1. The lowest BCUT2D eigenvalue weighted by molar-refractivity contribution is -0.141. The van der Waals surface area contributed by atoms with Gasteiger partial charge in [0.1, 0.15) is 17.6 Å². The predicted octanol–water partition coefficient (Wildman–Crippen LogP) is 5.43. The molecule has 0 radical (unpaired) electrons. The molecule has 10 heteroatoms. The standard InChI is InChI=1S/C26H18F4N4O2/c27-21-10-2-1-9-20(21)24(35)17-6-4-7-18(14-17)32-25(36)22-15-23(26(28,29)30)33-34(22)19-8-3-5-16(13-19)11-12-31/h1-10,13-15,24,35H,11H2,(H,32,36). The number of nitrogens with one attached hydrogen (secondary N) is 1. The first-order chi connectivity index (χ1) is 17.2. The van der Waals surface area contributed by atoms with Gasteiger partial charge in [-0.15, -0.1) is 0 Å². The monoisotopic (exact) mass is 494 g/mol. The third-order valence-electron chi connectivity index (χ3n) is 5.33. The zero-order valence-corrected chi connectivity index (χ0v) is 18.5. The summed E-state index contributed by atoms with van der Waals surface area (Å²) < 4.78 is 55.2. The third-order valence-corrected chi connectivity index (χ3v) is 5.33. The van der Waals surface area contributed by atoms with Crippen LogP contribution in [0.4, 0.5) is 23.2 Å². The molecular weight excluding hydrogens is 476 g/mol. The maximum absolute atomic E-state index is 14.1. The summed E-state index contributed by atoms with van der Waals surface area (Å²) in [6.45, 7) is 0. The molecule has 0 bridgehead atoms. The number of nitriles is 1. The average molecular weight is 494 g/mol. The summed E-state index contributed by atoms with van der Waals surface area (Å²) in [5.41, 5.74) is -0.462. The lowest BCUT2D eigenvalue weighted by atomic mass is 10.0. The van der Waals surface area contributed by atoms with Gasteiger partial charge in [-0.05, 0) is 41.5 Å². The third kappa shape index (κ3) is 5.26. The number of aromatic nitrogens is 2. The summed E-state index contributed by atoms with van der Waals surface area (Å²) in [5.74, 6) is -1.50. The molecule has 0 fully saturated rings. The van der Waals surface area contributed by atoms with E-state index in [-0.39, 0.29) is 28.9 Å². The Morgan fingerprint density at radius 1 is 1.06 bits per heavy atom. The van der Waals surface area contributed by atoms with Crippen LogP contribution in [-0.2, 0) is 12.6 Å². The average Bonchev–Trinajstić information content (AvgIpc) is 3.31. The fourth-order valence-corrected chi connectivity index (χ4v) is 3.63. The summed E-state index contributed by atoms with van der Waals surface area (Å²) in [7, 11) is 0. The molecule has 1 unspecified atom stereocenters. The number of hydrogen-bond acceptors (Lipinski definition) is 4. The van der Waals surface area contributed by atoms with E-state index in [1.807, 2.05) is 6.07 Å². The van der Waals surface area contributed by atoms with Gasteiger partial charge < -0.3 is 10.4 Å². The molecule has 0 aliphatic heterocycles. The van der Waals surface area contributed by atoms with E-state index in [4.69, 9.17) is 5.26 Å². The number of nitrogens with zero attached hydrogens (tertiary/aromatic N) is 3. The van der Waals surface area contributed by atoms with Crippen LogP contribution in [0.2, 0.25) is 0 Å². The number of rotatable bonds is 6. The SMILES string of the molecule is N#CCc1cccc(-n2nc(C(F)(F)F)cc2C(=O)Nc2cccc(C(O)c3ccccc3F)c2)c1. The second kappa shape index (κ2) is 10.0.